The highest BCUT2D eigenvalue weighted by Gasteiger charge is 2.41. The molecular formula is C12H11F3INO. The summed E-state index contributed by atoms with van der Waals surface area (Å²) in [6, 6.07) is 6.44. The summed E-state index contributed by atoms with van der Waals surface area (Å²) in [5.41, 5.74) is 0.342. The second kappa shape index (κ2) is 5.07. The van der Waals surface area contributed by atoms with Gasteiger partial charge in [-0.1, -0.05) is 12.1 Å². The van der Waals surface area contributed by atoms with Crippen LogP contribution < -0.4 is 0 Å². The molecule has 1 aromatic carbocycles. The van der Waals surface area contributed by atoms with Crippen LogP contribution in [0.3, 0.4) is 0 Å². The van der Waals surface area contributed by atoms with Gasteiger partial charge in [0.1, 0.15) is 6.54 Å². The van der Waals surface area contributed by atoms with E-state index in [0.717, 1.165) is 4.90 Å². The topological polar surface area (TPSA) is 20.3 Å². The smallest absolute Gasteiger partial charge is 0.327 e. The minimum Gasteiger partial charge on any atom is -0.327 e. The number of amides is 1. The molecule has 0 aromatic heterocycles. The van der Waals surface area contributed by atoms with E-state index in [-0.39, 0.29) is 6.04 Å². The first-order valence-electron chi connectivity index (χ1n) is 5.51. The molecule has 0 atom stereocenters. The number of hydrogen-bond donors (Lipinski definition) is 0. The van der Waals surface area contributed by atoms with E-state index in [1.165, 1.54) is 0 Å². The van der Waals surface area contributed by atoms with Crippen molar-refractivity contribution in [3.05, 3.63) is 33.4 Å². The largest absolute Gasteiger partial charge is 0.406 e. The van der Waals surface area contributed by atoms with Gasteiger partial charge < -0.3 is 4.90 Å². The van der Waals surface area contributed by atoms with Crippen LogP contribution in [0, 0.1) is 3.57 Å². The van der Waals surface area contributed by atoms with Crippen LogP contribution in [0.25, 0.3) is 0 Å². The van der Waals surface area contributed by atoms with Crippen molar-refractivity contribution in [2.24, 2.45) is 0 Å². The maximum Gasteiger partial charge on any atom is 0.406 e. The van der Waals surface area contributed by atoms with Gasteiger partial charge in [-0.05, 0) is 47.6 Å². The van der Waals surface area contributed by atoms with Crippen molar-refractivity contribution < 1.29 is 18.0 Å². The lowest BCUT2D eigenvalue weighted by atomic mass is 10.2. The quantitative estimate of drug-likeness (QED) is 0.748. The van der Waals surface area contributed by atoms with Gasteiger partial charge in [-0.15, -0.1) is 0 Å². The summed E-state index contributed by atoms with van der Waals surface area (Å²) in [6.07, 6.45) is -3.03. The summed E-state index contributed by atoms with van der Waals surface area (Å²) in [4.78, 5) is 13.1. The molecule has 0 radical (unpaired) electrons. The molecule has 0 spiro atoms. The second-order valence-corrected chi connectivity index (χ2v) is 5.42. The van der Waals surface area contributed by atoms with E-state index >= 15 is 0 Å². The second-order valence-electron chi connectivity index (χ2n) is 4.26. The molecule has 2 rings (SSSR count). The third-order valence-electron chi connectivity index (χ3n) is 2.70. The lowest BCUT2D eigenvalue weighted by Gasteiger charge is -2.24. The molecule has 1 aliphatic rings. The number of hydrogen-bond acceptors (Lipinski definition) is 1. The number of benzene rings is 1. The summed E-state index contributed by atoms with van der Waals surface area (Å²) < 4.78 is 38.1. The standard InChI is InChI=1S/C12H11F3INO/c13-12(14,15)7-17(8-5-6-8)11(18)9-3-1-2-4-10(9)16/h1-4,8H,5-7H2. The van der Waals surface area contributed by atoms with E-state index in [4.69, 9.17) is 0 Å². The predicted octanol–water partition coefficient (Wildman–Crippen LogP) is 3.46. The fourth-order valence-electron chi connectivity index (χ4n) is 1.74. The number of carbonyl (C=O) groups excluding carboxylic acids is 1. The molecule has 2 nitrogen and oxygen atoms in total. The zero-order valence-corrected chi connectivity index (χ0v) is 11.5. The van der Waals surface area contributed by atoms with Gasteiger partial charge in [0.15, 0.2) is 0 Å². The van der Waals surface area contributed by atoms with E-state index in [1.807, 2.05) is 22.6 Å². The summed E-state index contributed by atoms with van der Waals surface area (Å²) >= 11 is 1.96. The molecule has 18 heavy (non-hydrogen) atoms. The van der Waals surface area contributed by atoms with Crippen LogP contribution in [0.4, 0.5) is 13.2 Å². The Morgan fingerprint density at radius 2 is 1.94 bits per heavy atom. The molecule has 1 saturated carbocycles. The van der Waals surface area contributed by atoms with Crippen LogP contribution in [0.15, 0.2) is 24.3 Å². The normalized spacial score (nSPS) is 15.6. The van der Waals surface area contributed by atoms with Gasteiger partial charge in [0.05, 0.1) is 5.56 Å². The van der Waals surface area contributed by atoms with Crippen LogP contribution >= 0.6 is 22.6 Å². The van der Waals surface area contributed by atoms with E-state index < -0.39 is 18.6 Å². The Hall–Kier alpha value is -0.790. The Morgan fingerprint density at radius 3 is 2.44 bits per heavy atom. The average Bonchev–Trinajstić information content (AvgIpc) is 3.08. The van der Waals surface area contributed by atoms with Crippen molar-refractivity contribution in [1.29, 1.82) is 0 Å². The third-order valence-corrected chi connectivity index (χ3v) is 3.64. The Kier molecular flexibility index (Phi) is 3.84. The first-order valence-corrected chi connectivity index (χ1v) is 6.58. The lowest BCUT2D eigenvalue weighted by Crippen LogP contribution is -2.40. The van der Waals surface area contributed by atoms with E-state index in [9.17, 15) is 18.0 Å². The van der Waals surface area contributed by atoms with E-state index in [2.05, 4.69) is 0 Å². The third kappa shape index (κ3) is 3.37. The minimum atomic E-state index is -4.35. The lowest BCUT2D eigenvalue weighted by molar-refractivity contribution is -0.141. The summed E-state index contributed by atoms with van der Waals surface area (Å²) in [5, 5.41) is 0. The van der Waals surface area contributed by atoms with Gasteiger partial charge in [-0.2, -0.15) is 13.2 Å². The predicted molar refractivity (Wildman–Crippen MR) is 69.3 cm³/mol. The van der Waals surface area contributed by atoms with Crippen molar-refractivity contribution in [2.45, 2.75) is 25.1 Å². The highest BCUT2D eigenvalue weighted by Crippen LogP contribution is 2.32. The number of carbonyl (C=O) groups is 1. The highest BCUT2D eigenvalue weighted by atomic mass is 127. The van der Waals surface area contributed by atoms with Crippen LogP contribution in [-0.2, 0) is 0 Å². The van der Waals surface area contributed by atoms with Crippen molar-refractivity contribution >= 4 is 28.5 Å². The summed E-state index contributed by atoms with van der Waals surface area (Å²) in [5.74, 6) is -0.528. The minimum absolute atomic E-state index is 0.255. The summed E-state index contributed by atoms with van der Waals surface area (Å²) in [6.45, 7) is -1.17. The van der Waals surface area contributed by atoms with Crippen molar-refractivity contribution in [1.82, 2.24) is 4.90 Å². The molecule has 0 bridgehead atoms. The molecule has 6 heteroatoms. The Balaban J connectivity index is 2.21. The fourth-order valence-corrected chi connectivity index (χ4v) is 2.35. The van der Waals surface area contributed by atoms with Gasteiger partial charge in [0.2, 0.25) is 0 Å². The van der Waals surface area contributed by atoms with Gasteiger partial charge in [0.25, 0.3) is 5.91 Å². The summed E-state index contributed by atoms with van der Waals surface area (Å²) in [7, 11) is 0. The number of nitrogens with zero attached hydrogens (tertiary/aromatic N) is 1. The molecular weight excluding hydrogens is 358 g/mol. The maximum atomic E-state index is 12.5. The first kappa shape index (κ1) is 13.6. The molecule has 0 N–H and O–H groups in total. The molecule has 98 valence electrons. The van der Waals surface area contributed by atoms with Crippen LogP contribution in [-0.4, -0.2) is 29.6 Å². The first-order chi connectivity index (χ1) is 8.38. The monoisotopic (exact) mass is 369 g/mol. The SMILES string of the molecule is O=C(c1ccccc1I)N(CC(F)(F)F)C1CC1. The van der Waals surface area contributed by atoms with Crippen molar-refractivity contribution in [2.75, 3.05) is 6.54 Å². The van der Waals surface area contributed by atoms with E-state index in [1.54, 1.807) is 24.3 Å². The van der Waals surface area contributed by atoms with Crippen LogP contribution in [0.2, 0.25) is 0 Å². The number of halogens is 4. The number of alkyl halides is 3. The average molecular weight is 369 g/mol. The Labute approximate surface area is 116 Å². The molecule has 0 aliphatic heterocycles. The van der Waals surface area contributed by atoms with Crippen molar-refractivity contribution in [3.63, 3.8) is 0 Å². The molecule has 0 heterocycles. The molecule has 1 fully saturated rings. The van der Waals surface area contributed by atoms with Gasteiger partial charge in [-0.3, -0.25) is 4.79 Å². The highest BCUT2D eigenvalue weighted by molar-refractivity contribution is 14.1. The van der Waals surface area contributed by atoms with E-state index in [0.29, 0.717) is 22.0 Å². The molecule has 0 saturated heterocycles. The zero-order chi connectivity index (χ0) is 13.3. The molecule has 1 aromatic rings. The van der Waals surface area contributed by atoms with Gasteiger partial charge in [0, 0.05) is 9.61 Å². The molecule has 0 unspecified atom stereocenters. The number of rotatable bonds is 3. The zero-order valence-electron chi connectivity index (χ0n) is 9.38. The van der Waals surface area contributed by atoms with Crippen LogP contribution in [0.5, 0.6) is 0 Å². The van der Waals surface area contributed by atoms with Gasteiger partial charge in [-0.25, -0.2) is 0 Å². The Morgan fingerprint density at radius 1 is 1.33 bits per heavy atom. The van der Waals surface area contributed by atoms with Crippen molar-refractivity contribution in [3.8, 4) is 0 Å². The molecule has 1 aliphatic carbocycles. The maximum absolute atomic E-state index is 12.5. The Bertz CT molecular complexity index is 457. The fraction of sp³-hybridized carbons (Fsp3) is 0.417. The van der Waals surface area contributed by atoms with Gasteiger partial charge >= 0.3 is 6.18 Å². The van der Waals surface area contributed by atoms with Crippen LogP contribution in [0.1, 0.15) is 23.2 Å². The molecule has 1 amide bonds.